The van der Waals surface area contributed by atoms with E-state index in [1.165, 1.54) is 11.8 Å². The van der Waals surface area contributed by atoms with Crippen molar-refractivity contribution in [3.63, 3.8) is 0 Å². The molecule has 1 aromatic heterocycles. The van der Waals surface area contributed by atoms with Gasteiger partial charge in [-0.1, -0.05) is 36.9 Å². The first-order chi connectivity index (χ1) is 18.0. The second-order valence-corrected chi connectivity index (χ2v) is 9.85. The lowest BCUT2D eigenvalue weighted by atomic mass is 10.1. The summed E-state index contributed by atoms with van der Waals surface area (Å²) in [5.74, 6) is 1.91. The normalized spacial score (nSPS) is 12.8. The summed E-state index contributed by atoms with van der Waals surface area (Å²) in [4.78, 5) is 25.1. The zero-order chi connectivity index (χ0) is 25.8. The first-order valence-corrected chi connectivity index (χ1v) is 12.9. The van der Waals surface area contributed by atoms with Crippen molar-refractivity contribution in [2.45, 2.75) is 37.1 Å². The molecule has 1 unspecified atom stereocenters. The van der Waals surface area contributed by atoms with Crippen LogP contribution in [0.5, 0.6) is 11.5 Å². The van der Waals surface area contributed by atoms with E-state index < -0.39 is 5.25 Å². The van der Waals surface area contributed by atoms with E-state index in [2.05, 4.69) is 15.5 Å². The molecule has 3 aromatic carbocycles. The van der Waals surface area contributed by atoms with E-state index in [0.717, 1.165) is 17.7 Å². The quantitative estimate of drug-likeness (QED) is 0.224. The Bertz CT molecular complexity index is 1420. The van der Waals surface area contributed by atoms with Gasteiger partial charge in [-0.25, -0.2) is 0 Å². The van der Waals surface area contributed by atoms with Crippen LogP contribution in [0, 0.1) is 0 Å². The van der Waals surface area contributed by atoms with E-state index in [1.807, 2.05) is 66.9 Å². The number of fused-ring (bicyclic) bond motifs is 1. The molecule has 9 heteroatoms. The van der Waals surface area contributed by atoms with E-state index >= 15 is 0 Å². The average molecular weight is 515 g/mol. The fraction of sp³-hybridized carbons (Fsp3) is 0.214. The van der Waals surface area contributed by atoms with Gasteiger partial charge in [0.1, 0.15) is 0 Å². The number of para-hydroxylation sites is 1. The maximum absolute atomic E-state index is 13.2. The van der Waals surface area contributed by atoms with Crippen LogP contribution in [0.4, 0.5) is 5.69 Å². The Morgan fingerprint density at radius 1 is 1.00 bits per heavy atom. The van der Waals surface area contributed by atoms with Gasteiger partial charge in [-0.2, -0.15) is 0 Å². The Hall–Kier alpha value is -4.11. The van der Waals surface area contributed by atoms with Crippen molar-refractivity contribution in [1.82, 2.24) is 14.8 Å². The van der Waals surface area contributed by atoms with E-state index in [1.54, 1.807) is 24.3 Å². The number of anilines is 1. The third-order valence-electron chi connectivity index (χ3n) is 5.86. The first-order valence-electron chi connectivity index (χ1n) is 12.0. The van der Waals surface area contributed by atoms with Crippen LogP contribution in [0.1, 0.15) is 37.0 Å². The van der Waals surface area contributed by atoms with Crippen LogP contribution < -0.4 is 14.8 Å². The van der Waals surface area contributed by atoms with Gasteiger partial charge in [0.2, 0.25) is 12.7 Å². The molecular formula is C28H26N4O4S. The average Bonchev–Trinajstić information content (AvgIpc) is 3.56. The molecule has 4 aromatic rings. The molecule has 5 rings (SSSR count). The fourth-order valence-corrected chi connectivity index (χ4v) is 4.94. The highest BCUT2D eigenvalue weighted by Gasteiger charge is 2.24. The van der Waals surface area contributed by atoms with Gasteiger partial charge in [0.15, 0.2) is 28.3 Å². The Morgan fingerprint density at radius 2 is 1.76 bits per heavy atom. The Balaban J connectivity index is 1.39. The molecular weight excluding hydrogens is 488 g/mol. The highest BCUT2D eigenvalue weighted by Crippen LogP contribution is 2.37. The van der Waals surface area contributed by atoms with E-state index in [4.69, 9.17) is 9.47 Å². The molecule has 1 aliphatic rings. The number of ketones is 1. The number of ether oxygens (including phenoxy) is 2. The highest BCUT2D eigenvalue weighted by atomic mass is 32.2. The zero-order valence-electron chi connectivity index (χ0n) is 20.5. The van der Waals surface area contributed by atoms with Gasteiger partial charge >= 0.3 is 0 Å². The fourth-order valence-electron chi connectivity index (χ4n) is 3.99. The van der Waals surface area contributed by atoms with Crippen molar-refractivity contribution in [3.05, 3.63) is 78.4 Å². The molecule has 0 bridgehead atoms. The SMILES string of the molecule is CCCC(=O)Nc1ccc(C(=O)C(C)Sc2nnc(-c3ccc4c(c3)OCO4)n2-c2ccccc2)cc1. The molecule has 2 heterocycles. The van der Waals surface area contributed by atoms with Gasteiger partial charge in [0.05, 0.1) is 5.25 Å². The summed E-state index contributed by atoms with van der Waals surface area (Å²) in [7, 11) is 0. The maximum Gasteiger partial charge on any atom is 0.231 e. The number of carbonyl (C=O) groups is 2. The largest absolute Gasteiger partial charge is 0.454 e. The molecule has 0 saturated carbocycles. The molecule has 1 amide bonds. The second kappa shape index (κ2) is 10.9. The van der Waals surface area contributed by atoms with Gasteiger partial charge in [-0.05, 0) is 67.9 Å². The maximum atomic E-state index is 13.2. The third kappa shape index (κ3) is 5.36. The smallest absolute Gasteiger partial charge is 0.231 e. The van der Waals surface area contributed by atoms with Crippen LogP contribution in [0.15, 0.2) is 78.0 Å². The number of amides is 1. The molecule has 8 nitrogen and oxygen atoms in total. The second-order valence-electron chi connectivity index (χ2n) is 8.55. The molecule has 0 saturated heterocycles. The summed E-state index contributed by atoms with van der Waals surface area (Å²) in [5.41, 5.74) is 2.95. The summed E-state index contributed by atoms with van der Waals surface area (Å²) in [6.07, 6.45) is 1.24. The molecule has 1 N–H and O–H groups in total. The van der Waals surface area contributed by atoms with Gasteiger partial charge in [0, 0.05) is 28.9 Å². The van der Waals surface area contributed by atoms with Crippen LogP contribution in [0.2, 0.25) is 0 Å². The van der Waals surface area contributed by atoms with E-state index in [9.17, 15) is 9.59 Å². The lowest BCUT2D eigenvalue weighted by molar-refractivity contribution is -0.116. The lowest BCUT2D eigenvalue weighted by Crippen LogP contribution is -2.15. The minimum absolute atomic E-state index is 0.0380. The van der Waals surface area contributed by atoms with Crippen molar-refractivity contribution in [1.29, 1.82) is 0 Å². The van der Waals surface area contributed by atoms with Crippen LogP contribution in [0.3, 0.4) is 0 Å². The monoisotopic (exact) mass is 514 g/mol. The van der Waals surface area contributed by atoms with Crippen LogP contribution >= 0.6 is 11.8 Å². The van der Waals surface area contributed by atoms with Crippen molar-refractivity contribution in [3.8, 4) is 28.6 Å². The molecule has 0 aliphatic carbocycles. The Kier molecular flexibility index (Phi) is 7.23. The van der Waals surface area contributed by atoms with E-state index in [0.29, 0.717) is 40.2 Å². The topological polar surface area (TPSA) is 95.3 Å². The van der Waals surface area contributed by atoms with Crippen molar-refractivity contribution in [2.24, 2.45) is 0 Å². The molecule has 0 radical (unpaired) electrons. The van der Waals surface area contributed by atoms with Gasteiger partial charge in [-0.15, -0.1) is 10.2 Å². The Morgan fingerprint density at radius 3 is 2.51 bits per heavy atom. The minimum atomic E-state index is -0.420. The third-order valence-corrected chi connectivity index (χ3v) is 6.90. The standard InChI is InChI=1S/C28H26N4O4S/c1-3-7-25(33)29-21-13-10-19(11-14-21)26(34)18(2)37-28-31-30-27(32(28)22-8-5-4-6-9-22)20-12-15-23-24(16-20)36-17-35-23/h4-6,8-16,18H,3,7,17H2,1-2H3,(H,29,33). The van der Waals surface area contributed by atoms with Gasteiger partial charge in [-0.3, -0.25) is 14.2 Å². The lowest BCUT2D eigenvalue weighted by Gasteiger charge is -2.14. The Labute approximate surface area is 219 Å². The molecule has 0 spiro atoms. The van der Waals surface area contributed by atoms with Gasteiger partial charge in [0.25, 0.3) is 0 Å². The minimum Gasteiger partial charge on any atom is -0.454 e. The number of carbonyl (C=O) groups excluding carboxylic acids is 2. The molecule has 188 valence electrons. The molecule has 0 fully saturated rings. The number of nitrogens with zero attached hydrogens (tertiary/aromatic N) is 3. The number of Topliss-reactive ketones (excluding diaryl/α,β-unsaturated/α-hetero) is 1. The summed E-state index contributed by atoms with van der Waals surface area (Å²) in [5, 5.41) is 11.9. The zero-order valence-corrected chi connectivity index (χ0v) is 21.3. The number of thioether (sulfide) groups is 1. The van der Waals surface area contributed by atoms with Crippen molar-refractivity contribution in [2.75, 3.05) is 12.1 Å². The number of benzene rings is 3. The summed E-state index contributed by atoms with van der Waals surface area (Å²) < 4.78 is 12.9. The summed E-state index contributed by atoms with van der Waals surface area (Å²) in [6.45, 7) is 4.00. The molecule has 1 atom stereocenters. The van der Waals surface area contributed by atoms with Crippen LogP contribution in [-0.2, 0) is 4.79 Å². The summed E-state index contributed by atoms with van der Waals surface area (Å²) >= 11 is 1.34. The van der Waals surface area contributed by atoms with Crippen molar-refractivity contribution >= 4 is 29.1 Å². The highest BCUT2D eigenvalue weighted by molar-refractivity contribution is 8.00. The predicted octanol–water partition coefficient (Wildman–Crippen LogP) is 5.77. The van der Waals surface area contributed by atoms with Crippen LogP contribution in [-0.4, -0.2) is 38.5 Å². The summed E-state index contributed by atoms with van der Waals surface area (Å²) in [6, 6.07) is 22.4. The number of hydrogen-bond acceptors (Lipinski definition) is 7. The molecule has 37 heavy (non-hydrogen) atoms. The van der Waals surface area contributed by atoms with E-state index in [-0.39, 0.29) is 18.5 Å². The number of rotatable bonds is 9. The molecule has 1 aliphatic heterocycles. The first kappa shape index (κ1) is 24.6. The number of hydrogen-bond donors (Lipinski definition) is 1. The number of nitrogens with one attached hydrogen (secondary N) is 1. The predicted molar refractivity (Wildman–Crippen MR) is 143 cm³/mol. The van der Waals surface area contributed by atoms with Crippen LogP contribution in [0.25, 0.3) is 17.1 Å². The number of aromatic nitrogens is 3. The van der Waals surface area contributed by atoms with Gasteiger partial charge < -0.3 is 14.8 Å². The van der Waals surface area contributed by atoms with Crippen molar-refractivity contribution < 1.29 is 19.1 Å².